The number of anilines is 1. The molecule has 36 heavy (non-hydrogen) atoms. The van der Waals surface area contributed by atoms with Crippen LogP contribution >= 0.6 is 0 Å². The predicted octanol–water partition coefficient (Wildman–Crippen LogP) is 3.13. The molecule has 0 aliphatic carbocycles. The highest BCUT2D eigenvalue weighted by Gasteiger charge is 2.18. The number of para-hydroxylation sites is 1. The fourth-order valence-corrected chi connectivity index (χ4v) is 5.29. The first kappa shape index (κ1) is 25.7. The molecule has 4 rings (SSSR count). The number of sulfonamides is 1. The Kier molecular flexibility index (Phi) is 7.92. The highest BCUT2D eigenvalue weighted by molar-refractivity contribution is 7.89. The molecule has 2 aromatic heterocycles. The van der Waals surface area contributed by atoms with Gasteiger partial charge >= 0.3 is 0 Å². The van der Waals surface area contributed by atoms with E-state index in [0.717, 1.165) is 28.7 Å². The average molecular weight is 514 g/mol. The maximum atomic E-state index is 12.8. The van der Waals surface area contributed by atoms with E-state index in [9.17, 15) is 8.42 Å². The smallest absolute Gasteiger partial charge is 0.240 e. The highest BCUT2D eigenvalue weighted by atomic mass is 32.2. The number of nitrogens with two attached hydrogens (primary N) is 1. The Bertz CT molecular complexity index is 1470. The second kappa shape index (κ2) is 11.1. The van der Waals surface area contributed by atoms with Gasteiger partial charge in [-0.15, -0.1) is 0 Å². The van der Waals surface area contributed by atoms with Crippen molar-refractivity contribution in [3.05, 3.63) is 48.3 Å². The Labute approximate surface area is 210 Å². The van der Waals surface area contributed by atoms with Crippen LogP contribution in [0.5, 0.6) is 11.5 Å². The summed E-state index contributed by atoms with van der Waals surface area (Å²) >= 11 is 0. The molecule has 0 saturated heterocycles. The van der Waals surface area contributed by atoms with Gasteiger partial charge in [-0.3, -0.25) is 0 Å². The summed E-state index contributed by atoms with van der Waals surface area (Å²) in [6.45, 7) is 1.47. The lowest BCUT2D eigenvalue weighted by molar-refractivity contribution is 0.199. The number of imidazole rings is 1. The van der Waals surface area contributed by atoms with E-state index in [1.165, 1.54) is 26.4 Å². The van der Waals surface area contributed by atoms with Gasteiger partial charge in [0.1, 0.15) is 11.3 Å². The molecular formula is C25H31N5O5S. The van der Waals surface area contributed by atoms with Gasteiger partial charge in [-0.2, -0.15) is 0 Å². The number of aryl methyl sites for hydroxylation is 1. The number of nitrogen functional groups attached to an aromatic ring is 1. The van der Waals surface area contributed by atoms with Crippen molar-refractivity contribution < 1.29 is 22.6 Å². The van der Waals surface area contributed by atoms with Crippen molar-refractivity contribution in [2.45, 2.75) is 30.7 Å². The zero-order chi connectivity index (χ0) is 25.7. The van der Waals surface area contributed by atoms with Crippen molar-refractivity contribution >= 4 is 37.8 Å². The van der Waals surface area contributed by atoms with Crippen molar-refractivity contribution in [2.75, 3.05) is 40.2 Å². The Morgan fingerprint density at radius 3 is 2.53 bits per heavy atom. The lowest BCUT2D eigenvalue weighted by Crippen LogP contribution is -2.25. The maximum absolute atomic E-state index is 12.8. The van der Waals surface area contributed by atoms with Gasteiger partial charge in [-0.25, -0.2) is 23.1 Å². The van der Waals surface area contributed by atoms with Gasteiger partial charge in [0.15, 0.2) is 17.3 Å². The number of ether oxygens (including phenoxy) is 3. The number of unbranched alkanes of at least 4 members (excludes halogenated alkanes) is 1. The minimum Gasteiger partial charge on any atom is -0.493 e. The van der Waals surface area contributed by atoms with Crippen LogP contribution in [-0.4, -0.2) is 57.4 Å². The number of pyridine rings is 1. The van der Waals surface area contributed by atoms with Gasteiger partial charge in [0.2, 0.25) is 10.0 Å². The molecule has 0 bridgehead atoms. The SMILES string of the molecule is COCCc1nc2c(N)nc3ccccc3c2n1CCCCNS(=O)(=O)c1ccc(OC)c(OC)c1. The van der Waals surface area contributed by atoms with Crippen molar-refractivity contribution in [1.82, 2.24) is 19.3 Å². The molecule has 0 radical (unpaired) electrons. The molecule has 0 aliphatic heterocycles. The lowest BCUT2D eigenvalue weighted by Gasteiger charge is -2.12. The lowest BCUT2D eigenvalue weighted by atomic mass is 10.2. The van der Waals surface area contributed by atoms with Crippen LogP contribution in [0.2, 0.25) is 0 Å². The molecular weight excluding hydrogens is 482 g/mol. The Hall–Kier alpha value is -3.41. The zero-order valence-corrected chi connectivity index (χ0v) is 21.5. The normalized spacial score (nSPS) is 11.9. The first-order chi connectivity index (χ1) is 17.4. The molecule has 2 heterocycles. The average Bonchev–Trinajstić information content (AvgIpc) is 3.26. The number of nitrogens with zero attached hydrogens (tertiary/aromatic N) is 3. The molecule has 0 amide bonds. The number of hydrogen-bond donors (Lipinski definition) is 2. The summed E-state index contributed by atoms with van der Waals surface area (Å²) in [7, 11) is 0.938. The number of hydrogen-bond acceptors (Lipinski definition) is 8. The molecule has 192 valence electrons. The molecule has 11 heteroatoms. The zero-order valence-electron chi connectivity index (χ0n) is 20.7. The molecule has 0 fully saturated rings. The van der Waals surface area contributed by atoms with Gasteiger partial charge in [0.25, 0.3) is 0 Å². The topological polar surface area (TPSA) is 131 Å². The van der Waals surface area contributed by atoms with Crippen LogP contribution in [0.25, 0.3) is 21.9 Å². The molecule has 0 saturated carbocycles. The Balaban J connectivity index is 1.49. The molecule has 2 aromatic carbocycles. The summed E-state index contributed by atoms with van der Waals surface area (Å²) in [5.41, 5.74) is 8.66. The third-order valence-corrected chi connectivity index (χ3v) is 7.44. The number of aromatic nitrogens is 3. The number of rotatable bonds is 12. The van der Waals surface area contributed by atoms with Crippen molar-refractivity contribution in [1.29, 1.82) is 0 Å². The number of fused-ring (bicyclic) bond motifs is 3. The van der Waals surface area contributed by atoms with Crippen molar-refractivity contribution in [2.24, 2.45) is 0 Å². The second-order valence-electron chi connectivity index (χ2n) is 8.26. The molecule has 4 aromatic rings. The molecule has 10 nitrogen and oxygen atoms in total. The standard InChI is InChI=1S/C25H31N5O5S/c1-33-15-12-22-29-23-24(18-8-4-5-9-19(18)28-25(23)26)30(22)14-7-6-13-27-36(31,32)17-10-11-20(34-2)21(16-17)35-3/h4-5,8-11,16,27H,6-7,12-15H2,1-3H3,(H2,26,28). The van der Waals surface area contributed by atoms with E-state index < -0.39 is 10.0 Å². The summed E-state index contributed by atoms with van der Waals surface area (Å²) in [6.07, 6.45) is 2.00. The van der Waals surface area contributed by atoms with Crippen LogP contribution < -0.4 is 19.9 Å². The van der Waals surface area contributed by atoms with Gasteiger partial charge < -0.3 is 24.5 Å². The highest BCUT2D eigenvalue weighted by Crippen LogP contribution is 2.30. The molecule has 3 N–H and O–H groups in total. The van der Waals surface area contributed by atoms with Crippen LogP contribution in [0.15, 0.2) is 47.4 Å². The molecule has 0 atom stereocenters. The first-order valence-corrected chi connectivity index (χ1v) is 13.1. The van der Waals surface area contributed by atoms with Gasteiger partial charge in [0, 0.05) is 38.1 Å². The Morgan fingerprint density at radius 2 is 1.78 bits per heavy atom. The molecule has 0 unspecified atom stereocenters. The number of nitrogens with one attached hydrogen (secondary N) is 1. The summed E-state index contributed by atoms with van der Waals surface area (Å²) in [6, 6.07) is 12.4. The number of benzene rings is 2. The van der Waals surface area contributed by atoms with E-state index >= 15 is 0 Å². The van der Waals surface area contributed by atoms with E-state index in [1.54, 1.807) is 13.2 Å². The van der Waals surface area contributed by atoms with Crippen LogP contribution in [-0.2, 0) is 27.7 Å². The second-order valence-corrected chi connectivity index (χ2v) is 10.0. The van der Waals surface area contributed by atoms with Gasteiger partial charge in [0.05, 0.1) is 36.8 Å². The maximum Gasteiger partial charge on any atom is 0.240 e. The van der Waals surface area contributed by atoms with Crippen molar-refractivity contribution in [3.63, 3.8) is 0 Å². The van der Waals surface area contributed by atoms with Crippen molar-refractivity contribution in [3.8, 4) is 11.5 Å². The molecule has 0 aliphatic rings. The molecule has 0 spiro atoms. The van der Waals surface area contributed by atoms with Crippen LogP contribution in [0.1, 0.15) is 18.7 Å². The van der Waals surface area contributed by atoms with Crippen LogP contribution in [0.3, 0.4) is 0 Å². The third-order valence-electron chi connectivity index (χ3n) is 5.99. The summed E-state index contributed by atoms with van der Waals surface area (Å²) in [4.78, 5) is 9.40. The first-order valence-electron chi connectivity index (χ1n) is 11.6. The Morgan fingerprint density at radius 1 is 1.00 bits per heavy atom. The van der Waals surface area contributed by atoms with E-state index in [2.05, 4.69) is 14.3 Å². The van der Waals surface area contributed by atoms with Gasteiger partial charge in [-0.05, 0) is 31.0 Å². The predicted molar refractivity (Wildman–Crippen MR) is 139 cm³/mol. The van der Waals surface area contributed by atoms with Gasteiger partial charge in [-0.1, -0.05) is 18.2 Å². The van der Waals surface area contributed by atoms with E-state index in [1.807, 2.05) is 24.3 Å². The van der Waals surface area contributed by atoms with E-state index in [-0.39, 0.29) is 4.90 Å². The van der Waals surface area contributed by atoms with E-state index in [4.69, 9.17) is 24.9 Å². The quantitative estimate of drug-likeness (QED) is 0.276. The fraction of sp³-hybridized carbons (Fsp3) is 0.360. The summed E-state index contributed by atoms with van der Waals surface area (Å²) in [5.74, 6) is 2.08. The van der Waals surface area contributed by atoms with E-state index in [0.29, 0.717) is 55.4 Å². The summed E-state index contributed by atoms with van der Waals surface area (Å²) < 4.78 is 46.0. The third kappa shape index (κ3) is 5.23. The minimum absolute atomic E-state index is 0.122. The number of methoxy groups -OCH3 is 3. The largest absolute Gasteiger partial charge is 0.493 e. The van der Waals surface area contributed by atoms with Crippen LogP contribution in [0, 0.1) is 0 Å². The summed E-state index contributed by atoms with van der Waals surface area (Å²) in [5, 5.41) is 0.979. The van der Waals surface area contributed by atoms with Crippen LogP contribution in [0.4, 0.5) is 5.82 Å². The minimum atomic E-state index is -3.69. The fourth-order valence-electron chi connectivity index (χ4n) is 4.20. The monoisotopic (exact) mass is 513 g/mol.